The molecule has 0 spiro atoms. The lowest BCUT2D eigenvalue weighted by Gasteiger charge is -2.21. The summed E-state index contributed by atoms with van der Waals surface area (Å²) >= 11 is 5.98. The molecule has 1 heterocycles. The van der Waals surface area contributed by atoms with Crippen LogP contribution in [0.15, 0.2) is 29.3 Å². The first-order valence-electron chi connectivity index (χ1n) is 9.07. The summed E-state index contributed by atoms with van der Waals surface area (Å²) < 4.78 is 0. The first-order chi connectivity index (χ1) is 12.1. The minimum absolute atomic E-state index is 0. The molecule has 1 saturated heterocycles. The van der Waals surface area contributed by atoms with Crippen molar-refractivity contribution in [3.8, 4) is 0 Å². The number of nitrogens with one attached hydrogen (secondary N) is 2. The average molecular weight is 493 g/mol. The molecule has 1 aliphatic heterocycles. The lowest BCUT2D eigenvalue weighted by atomic mass is 9.96. The monoisotopic (exact) mass is 492 g/mol. The molecule has 2 unspecified atom stereocenters. The van der Waals surface area contributed by atoms with Gasteiger partial charge in [-0.05, 0) is 30.5 Å². The number of amides is 1. The zero-order valence-electron chi connectivity index (χ0n) is 15.8. The third-order valence-corrected chi connectivity index (χ3v) is 5.01. The Balaban J connectivity index is 0.00000338. The van der Waals surface area contributed by atoms with Crippen molar-refractivity contribution in [3.63, 3.8) is 0 Å². The fraction of sp³-hybridized carbons (Fsp3) is 0.579. The number of guanidine groups is 1. The van der Waals surface area contributed by atoms with Crippen molar-refractivity contribution in [1.29, 1.82) is 0 Å². The van der Waals surface area contributed by atoms with Gasteiger partial charge < -0.3 is 15.5 Å². The van der Waals surface area contributed by atoms with Crippen LogP contribution in [0.2, 0.25) is 5.02 Å². The number of carbonyl (C=O) groups is 1. The fourth-order valence-electron chi connectivity index (χ4n) is 3.17. The van der Waals surface area contributed by atoms with Crippen molar-refractivity contribution in [2.75, 3.05) is 26.7 Å². The maximum atomic E-state index is 11.8. The largest absolute Gasteiger partial charge is 0.356 e. The maximum absolute atomic E-state index is 11.8. The third-order valence-electron chi connectivity index (χ3n) is 4.76. The van der Waals surface area contributed by atoms with Crippen molar-refractivity contribution in [2.45, 2.75) is 45.1 Å². The molecule has 5 nitrogen and oxygen atoms in total. The number of likely N-dealkylation sites (tertiary alicyclic amines) is 1. The number of rotatable bonds is 6. The molecule has 1 aliphatic rings. The van der Waals surface area contributed by atoms with E-state index >= 15 is 0 Å². The summed E-state index contributed by atoms with van der Waals surface area (Å²) in [6.07, 6.45) is 2.56. The van der Waals surface area contributed by atoms with Crippen molar-refractivity contribution >= 4 is 47.4 Å². The Morgan fingerprint density at radius 2 is 2.04 bits per heavy atom. The summed E-state index contributed by atoms with van der Waals surface area (Å²) in [4.78, 5) is 18.0. The molecule has 0 radical (unpaired) electrons. The van der Waals surface area contributed by atoms with Gasteiger partial charge in [-0.1, -0.05) is 37.6 Å². The summed E-state index contributed by atoms with van der Waals surface area (Å²) in [6, 6.07) is 8.30. The Labute approximate surface area is 179 Å². The van der Waals surface area contributed by atoms with Crippen LogP contribution in [0.3, 0.4) is 0 Å². The summed E-state index contributed by atoms with van der Waals surface area (Å²) in [5.74, 6) is 1.42. The van der Waals surface area contributed by atoms with E-state index in [0.717, 1.165) is 43.5 Å². The van der Waals surface area contributed by atoms with Crippen LogP contribution in [0.5, 0.6) is 0 Å². The molecular weight excluding hydrogens is 463 g/mol. The second kappa shape index (κ2) is 11.6. The van der Waals surface area contributed by atoms with E-state index in [0.29, 0.717) is 12.3 Å². The Morgan fingerprint density at radius 1 is 1.35 bits per heavy atom. The zero-order valence-corrected chi connectivity index (χ0v) is 18.9. The van der Waals surface area contributed by atoms with E-state index in [1.807, 2.05) is 24.0 Å². The molecule has 2 atom stereocenters. The van der Waals surface area contributed by atoms with Crippen LogP contribution in [0.25, 0.3) is 0 Å². The van der Waals surface area contributed by atoms with Gasteiger partial charge in [0.25, 0.3) is 0 Å². The molecule has 26 heavy (non-hydrogen) atoms. The fourth-order valence-corrected chi connectivity index (χ4v) is 3.29. The first kappa shape index (κ1) is 23.0. The van der Waals surface area contributed by atoms with E-state index in [4.69, 9.17) is 11.6 Å². The molecule has 0 aliphatic carbocycles. The number of benzene rings is 1. The van der Waals surface area contributed by atoms with Crippen LogP contribution in [0.1, 0.15) is 44.6 Å². The van der Waals surface area contributed by atoms with Gasteiger partial charge in [0.05, 0.1) is 0 Å². The van der Waals surface area contributed by atoms with Gasteiger partial charge in [-0.3, -0.25) is 9.79 Å². The maximum Gasteiger partial charge on any atom is 0.222 e. The Morgan fingerprint density at radius 3 is 2.62 bits per heavy atom. The SMILES string of the molecule is CCC(=O)N1CCC(NC(=NC)NCC(CC)c2ccc(Cl)cc2)C1.I. The van der Waals surface area contributed by atoms with Gasteiger partial charge in [-0.2, -0.15) is 0 Å². The molecule has 2 rings (SSSR count). The molecule has 1 amide bonds. The molecule has 1 aromatic carbocycles. The van der Waals surface area contributed by atoms with Crippen molar-refractivity contribution < 1.29 is 4.79 Å². The topological polar surface area (TPSA) is 56.7 Å². The highest BCUT2D eigenvalue weighted by Crippen LogP contribution is 2.20. The van der Waals surface area contributed by atoms with Crippen molar-refractivity contribution in [3.05, 3.63) is 34.9 Å². The number of hydrogen-bond donors (Lipinski definition) is 2. The van der Waals surface area contributed by atoms with Gasteiger partial charge in [0.2, 0.25) is 5.91 Å². The second-order valence-electron chi connectivity index (χ2n) is 6.43. The minimum atomic E-state index is 0. The number of halogens is 2. The van der Waals surface area contributed by atoms with E-state index in [2.05, 4.69) is 34.7 Å². The second-order valence-corrected chi connectivity index (χ2v) is 6.87. The van der Waals surface area contributed by atoms with Crippen LogP contribution < -0.4 is 10.6 Å². The Hall–Kier alpha value is -1.02. The molecular formula is C19H30ClIN4O. The predicted molar refractivity (Wildman–Crippen MR) is 120 cm³/mol. The highest BCUT2D eigenvalue weighted by molar-refractivity contribution is 14.0. The summed E-state index contributed by atoms with van der Waals surface area (Å²) in [5, 5.41) is 7.62. The highest BCUT2D eigenvalue weighted by atomic mass is 127. The van der Waals surface area contributed by atoms with Crippen molar-refractivity contribution in [1.82, 2.24) is 15.5 Å². The van der Waals surface area contributed by atoms with Gasteiger partial charge >= 0.3 is 0 Å². The average Bonchev–Trinajstić information content (AvgIpc) is 3.10. The van der Waals surface area contributed by atoms with Crippen LogP contribution in [0.4, 0.5) is 0 Å². The number of aliphatic imine (C=N–C) groups is 1. The molecule has 0 aromatic heterocycles. The molecule has 1 fully saturated rings. The van der Waals surface area contributed by atoms with Gasteiger partial charge in [0.1, 0.15) is 0 Å². The van der Waals surface area contributed by atoms with Gasteiger partial charge in [0.15, 0.2) is 5.96 Å². The minimum Gasteiger partial charge on any atom is -0.356 e. The summed E-state index contributed by atoms with van der Waals surface area (Å²) in [6.45, 7) is 6.47. The first-order valence-corrected chi connectivity index (χ1v) is 9.45. The van der Waals surface area contributed by atoms with Crippen LogP contribution in [-0.2, 0) is 4.79 Å². The zero-order chi connectivity index (χ0) is 18.2. The van der Waals surface area contributed by atoms with E-state index in [1.165, 1.54) is 5.56 Å². The lowest BCUT2D eigenvalue weighted by molar-refractivity contribution is -0.129. The molecule has 7 heteroatoms. The number of carbonyl (C=O) groups excluding carboxylic acids is 1. The van der Waals surface area contributed by atoms with Gasteiger partial charge in [-0.15, -0.1) is 24.0 Å². The smallest absolute Gasteiger partial charge is 0.222 e. The Bertz CT molecular complexity index is 594. The molecule has 2 N–H and O–H groups in total. The normalized spacial score (nSPS) is 18.2. The van der Waals surface area contributed by atoms with Crippen LogP contribution in [-0.4, -0.2) is 49.5 Å². The van der Waals surface area contributed by atoms with E-state index in [1.54, 1.807) is 7.05 Å². The van der Waals surface area contributed by atoms with Crippen LogP contribution in [0, 0.1) is 0 Å². The molecule has 146 valence electrons. The summed E-state index contributed by atoms with van der Waals surface area (Å²) in [5.41, 5.74) is 1.27. The van der Waals surface area contributed by atoms with E-state index in [9.17, 15) is 4.79 Å². The van der Waals surface area contributed by atoms with E-state index in [-0.39, 0.29) is 35.9 Å². The third kappa shape index (κ3) is 6.61. The highest BCUT2D eigenvalue weighted by Gasteiger charge is 2.25. The lowest BCUT2D eigenvalue weighted by Crippen LogP contribution is -2.46. The Kier molecular flexibility index (Phi) is 10.3. The van der Waals surface area contributed by atoms with Crippen molar-refractivity contribution in [2.24, 2.45) is 4.99 Å². The number of nitrogens with zero attached hydrogens (tertiary/aromatic N) is 2. The molecule has 0 bridgehead atoms. The van der Waals surface area contributed by atoms with Gasteiger partial charge in [0, 0.05) is 50.1 Å². The van der Waals surface area contributed by atoms with E-state index < -0.39 is 0 Å². The molecule has 0 saturated carbocycles. The standard InChI is InChI=1S/C19H29ClN4O.HI/c1-4-14(15-6-8-16(20)9-7-15)12-22-19(21-3)23-17-10-11-24(13-17)18(25)5-2;/h6-9,14,17H,4-5,10-13H2,1-3H3,(H2,21,22,23);1H. The summed E-state index contributed by atoms with van der Waals surface area (Å²) in [7, 11) is 1.78. The van der Waals surface area contributed by atoms with Gasteiger partial charge in [-0.25, -0.2) is 0 Å². The van der Waals surface area contributed by atoms with Crippen LogP contribution >= 0.6 is 35.6 Å². The predicted octanol–water partition coefficient (Wildman–Crippen LogP) is 3.63. The quantitative estimate of drug-likeness (QED) is 0.362. The molecule has 1 aromatic rings. The number of hydrogen-bond acceptors (Lipinski definition) is 2.